The number of alkyl halides is 3. The lowest BCUT2D eigenvalue weighted by Crippen LogP contribution is -2.57. The maximum atomic E-state index is 12.9. The van der Waals surface area contributed by atoms with Crippen molar-refractivity contribution in [3.63, 3.8) is 0 Å². The molecule has 0 unspecified atom stereocenters. The number of hydrogen-bond acceptors (Lipinski definition) is 3. The molecule has 0 radical (unpaired) electrons. The fourth-order valence-corrected chi connectivity index (χ4v) is 2.88. The summed E-state index contributed by atoms with van der Waals surface area (Å²) in [5.74, 6) is 0.766. The Bertz CT molecular complexity index is 496. The molecule has 1 aliphatic heterocycles. The van der Waals surface area contributed by atoms with Gasteiger partial charge in [0, 0.05) is 36.2 Å². The van der Waals surface area contributed by atoms with Crippen LogP contribution in [0.25, 0.3) is 0 Å². The molecule has 0 amide bonds. The van der Waals surface area contributed by atoms with Gasteiger partial charge >= 0.3 is 6.18 Å². The average molecular weight is 381 g/mol. The molecular weight excluding hydrogens is 361 g/mol. The molecule has 1 saturated heterocycles. The van der Waals surface area contributed by atoms with E-state index in [2.05, 4.69) is 21.2 Å². The van der Waals surface area contributed by atoms with E-state index in [1.54, 1.807) is 0 Å². The number of piperazine rings is 1. The molecule has 22 heavy (non-hydrogen) atoms. The summed E-state index contributed by atoms with van der Waals surface area (Å²) < 4.78 is 45.5. The molecule has 1 atom stereocenters. The highest BCUT2D eigenvalue weighted by atomic mass is 79.9. The zero-order chi connectivity index (χ0) is 16.2. The zero-order valence-electron chi connectivity index (χ0n) is 12.4. The van der Waals surface area contributed by atoms with E-state index in [9.17, 15) is 13.2 Å². The summed E-state index contributed by atoms with van der Waals surface area (Å²) in [4.78, 5) is 1.49. The molecule has 1 aliphatic rings. The van der Waals surface area contributed by atoms with Gasteiger partial charge in [-0.15, -0.1) is 0 Å². The molecule has 124 valence electrons. The second-order valence-electron chi connectivity index (χ2n) is 5.36. The van der Waals surface area contributed by atoms with E-state index in [1.807, 2.05) is 25.1 Å². The van der Waals surface area contributed by atoms with Crippen LogP contribution < -0.4 is 10.1 Å². The van der Waals surface area contributed by atoms with E-state index in [-0.39, 0.29) is 6.54 Å². The summed E-state index contributed by atoms with van der Waals surface area (Å²) in [5.41, 5.74) is 0.998. The lowest BCUT2D eigenvalue weighted by molar-refractivity contribution is -0.187. The first-order valence-corrected chi connectivity index (χ1v) is 8.08. The standard InChI is InChI=1S/C15H20BrF3N2O/c1-11-12(16)4-2-5-13(11)22-9-3-7-21-8-6-20-10-14(21)15(17,18)19/h2,4-5,14,20H,3,6-10H2,1H3/t14-/m1/s1. The normalized spacial score (nSPS) is 20.1. The number of nitrogens with zero attached hydrogens (tertiary/aromatic N) is 1. The largest absolute Gasteiger partial charge is 0.493 e. The Morgan fingerprint density at radius 3 is 2.91 bits per heavy atom. The summed E-state index contributed by atoms with van der Waals surface area (Å²) in [6, 6.07) is 4.27. The van der Waals surface area contributed by atoms with Crippen molar-refractivity contribution in [2.24, 2.45) is 0 Å². The molecule has 0 spiro atoms. The van der Waals surface area contributed by atoms with Crippen LogP contribution in [-0.4, -0.2) is 49.9 Å². The van der Waals surface area contributed by atoms with Crippen molar-refractivity contribution in [3.05, 3.63) is 28.2 Å². The van der Waals surface area contributed by atoms with Crippen LogP contribution in [0.2, 0.25) is 0 Å². The van der Waals surface area contributed by atoms with Crippen LogP contribution >= 0.6 is 15.9 Å². The smallest absolute Gasteiger partial charge is 0.405 e. The Balaban J connectivity index is 1.81. The highest BCUT2D eigenvalue weighted by Gasteiger charge is 2.44. The lowest BCUT2D eigenvalue weighted by Gasteiger charge is -2.37. The van der Waals surface area contributed by atoms with Crippen molar-refractivity contribution in [1.29, 1.82) is 0 Å². The van der Waals surface area contributed by atoms with Gasteiger partial charge in [-0.05, 0) is 25.5 Å². The van der Waals surface area contributed by atoms with E-state index < -0.39 is 12.2 Å². The highest BCUT2D eigenvalue weighted by molar-refractivity contribution is 9.10. The molecule has 1 heterocycles. The third kappa shape index (κ3) is 4.60. The molecule has 1 aromatic carbocycles. The molecule has 1 aromatic rings. The Labute approximate surface area is 136 Å². The number of benzene rings is 1. The van der Waals surface area contributed by atoms with Gasteiger partial charge in [0.1, 0.15) is 11.8 Å². The van der Waals surface area contributed by atoms with Crippen molar-refractivity contribution in [2.75, 3.05) is 32.8 Å². The average Bonchev–Trinajstić information content (AvgIpc) is 2.47. The van der Waals surface area contributed by atoms with Crippen molar-refractivity contribution in [2.45, 2.75) is 25.6 Å². The summed E-state index contributed by atoms with van der Waals surface area (Å²) in [6.07, 6.45) is -3.62. The van der Waals surface area contributed by atoms with Gasteiger partial charge in [-0.3, -0.25) is 4.90 Å². The second-order valence-corrected chi connectivity index (χ2v) is 6.22. The van der Waals surface area contributed by atoms with Crippen molar-refractivity contribution in [1.82, 2.24) is 10.2 Å². The number of hydrogen-bond donors (Lipinski definition) is 1. The summed E-state index contributed by atoms with van der Waals surface area (Å²) in [6.45, 7) is 3.72. The third-order valence-corrected chi connectivity index (χ3v) is 4.66. The molecule has 0 aliphatic carbocycles. The predicted molar refractivity (Wildman–Crippen MR) is 83.3 cm³/mol. The molecule has 2 rings (SSSR count). The minimum absolute atomic E-state index is 0.0326. The van der Waals surface area contributed by atoms with Gasteiger partial charge in [0.25, 0.3) is 0 Å². The van der Waals surface area contributed by atoms with Gasteiger partial charge in [-0.25, -0.2) is 0 Å². The molecule has 0 aromatic heterocycles. The van der Waals surface area contributed by atoms with Gasteiger partial charge in [0.05, 0.1) is 6.61 Å². The van der Waals surface area contributed by atoms with Crippen LogP contribution in [0.5, 0.6) is 5.75 Å². The summed E-state index contributed by atoms with van der Waals surface area (Å²) in [5, 5.41) is 2.80. The minimum Gasteiger partial charge on any atom is -0.493 e. The van der Waals surface area contributed by atoms with Gasteiger partial charge in [0.2, 0.25) is 0 Å². The first kappa shape index (κ1) is 17.6. The van der Waals surface area contributed by atoms with E-state index in [4.69, 9.17) is 4.74 Å². The van der Waals surface area contributed by atoms with Crippen LogP contribution in [0.1, 0.15) is 12.0 Å². The Kier molecular flexibility index (Phi) is 6.11. The molecule has 1 fully saturated rings. The first-order chi connectivity index (χ1) is 10.4. The molecule has 1 N–H and O–H groups in total. The maximum Gasteiger partial charge on any atom is 0.405 e. The Morgan fingerprint density at radius 1 is 1.41 bits per heavy atom. The van der Waals surface area contributed by atoms with Crippen LogP contribution in [0, 0.1) is 6.92 Å². The van der Waals surface area contributed by atoms with Crippen molar-refractivity contribution in [3.8, 4) is 5.75 Å². The lowest BCUT2D eigenvalue weighted by atomic mass is 10.1. The topological polar surface area (TPSA) is 24.5 Å². The van der Waals surface area contributed by atoms with E-state index in [0.717, 1.165) is 15.8 Å². The highest BCUT2D eigenvalue weighted by Crippen LogP contribution is 2.27. The number of nitrogens with one attached hydrogen (secondary N) is 1. The second kappa shape index (κ2) is 7.66. The summed E-state index contributed by atoms with van der Waals surface area (Å²) >= 11 is 3.43. The number of halogens is 4. The zero-order valence-corrected chi connectivity index (χ0v) is 14.0. The van der Waals surface area contributed by atoms with E-state index >= 15 is 0 Å². The SMILES string of the molecule is Cc1c(Br)cccc1OCCCN1CCNC[C@@H]1C(F)(F)F. The predicted octanol–water partition coefficient (Wildman–Crippen LogP) is 3.36. The Hall–Kier alpha value is -0.790. The maximum absolute atomic E-state index is 12.9. The monoisotopic (exact) mass is 380 g/mol. The van der Waals surface area contributed by atoms with Crippen LogP contribution in [0.15, 0.2) is 22.7 Å². The van der Waals surface area contributed by atoms with E-state index in [0.29, 0.717) is 32.7 Å². The minimum atomic E-state index is -4.19. The van der Waals surface area contributed by atoms with E-state index in [1.165, 1.54) is 4.90 Å². The summed E-state index contributed by atoms with van der Waals surface area (Å²) in [7, 11) is 0. The number of ether oxygens (including phenoxy) is 1. The third-order valence-electron chi connectivity index (χ3n) is 3.80. The quantitative estimate of drug-likeness (QED) is 0.792. The molecule has 0 saturated carbocycles. The Morgan fingerprint density at radius 2 is 2.18 bits per heavy atom. The molecule has 0 bridgehead atoms. The van der Waals surface area contributed by atoms with Gasteiger partial charge in [-0.2, -0.15) is 13.2 Å². The molecular formula is C15H20BrF3N2O. The van der Waals surface area contributed by atoms with Crippen LogP contribution in [0.3, 0.4) is 0 Å². The van der Waals surface area contributed by atoms with Crippen LogP contribution in [0.4, 0.5) is 13.2 Å². The van der Waals surface area contributed by atoms with Crippen LogP contribution in [-0.2, 0) is 0 Å². The number of rotatable bonds is 5. The van der Waals surface area contributed by atoms with Gasteiger partial charge in [0.15, 0.2) is 0 Å². The van der Waals surface area contributed by atoms with Gasteiger partial charge in [-0.1, -0.05) is 22.0 Å². The molecule has 3 nitrogen and oxygen atoms in total. The first-order valence-electron chi connectivity index (χ1n) is 7.29. The van der Waals surface area contributed by atoms with Crippen molar-refractivity contribution < 1.29 is 17.9 Å². The fraction of sp³-hybridized carbons (Fsp3) is 0.600. The van der Waals surface area contributed by atoms with Gasteiger partial charge < -0.3 is 10.1 Å². The fourth-order valence-electron chi connectivity index (χ4n) is 2.53. The molecule has 7 heteroatoms. The van der Waals surface area contributed by atoms with Crippen molar-refractivity contribution >= 4 is 15.9 Å².